The van der Waals surface area contributed by atoms with E-state index in [1.54, 1.807) is 0 Å². The van der Waals surface area contributed by atoms with Gasteiger partial charge in [0.25, 0.3) is 0 Å². The zero-order valence-corrected chi connectivity index (χ0v) is 10.0. The summed E-state index contributed by atoms with van der Waals surface area (Å²) in [7, 11) is 0. The molecule has 0 heterocycles. The molecule has 0 aliphatic rings. The summed E-state index contributed by atoms with van der Waals surface area (Å²) in [5.41, 5.74) is -0.303. The van der Waals surface area contributed by atoms with Crippen molar-refractivity contribution in [2.24, 2.45) is 0 Å². The van der Waals surface area contributed by atoms with Crippen LogP contribution in [-0.2, 0) is 9.59 Å². The third kappa shape index (κ3) is 9.60. The van der Waals surface area contributed by atoms with E-state index in [2.05, 4.69) is 11.1 Å². The monoisotopic (exact) mass is 353 g/mol. The Bertz CT molecular complexity index is 164. The van der Waals surface area contributed by atoms with E-state index >= 15 is 0 Å². The van der Waals surface area contributed by atoms with Gasteiger partial charge in [0.2, 0.25) is 0 Å². The summed E-state index contributed by atoms with van der Waals surface area (Å²) < 4.78 is 2.14. The summed E-state index contributed by atoms with van der Waals surface area (Å²) in [4.78, 5) is 19.7. The van der Waals surface area contributed by atoms with E-state index in [4.69, 9.17) is 10.2 Å². The Hall–Kier alpha value is -0.398. The molecule has 0 aliphatic heterocycles. The van der Waals surface area contributed by atoms with Gasteiger partial charge < -0.3 is 10.2 Å². The molecule has 0 saturated heterocycles. The SMILES string of the molecule is C=C(CC(=O)O)C(=O)O.[CH3][Pb]. The normalized spacial score (nSPS) is 7.45. The minimum atomic E-state index is -1.27. The number of carboxylic acid groups (broad SMARTS) is 2. The molecular formula is C6H9O4Pb. The standard InChI is InChI=1S/C5H6O4.CH3.Pb/c1-3(5(8)9)2-4(6)7;;/h1-2H2,(H,6,7)(H,8,9);1H3;. The Kier molecular flexibility index (Phi) is 9.25. The van der Waals surface area contributed by atoms with Crippen molar-refractivity contribution in [2.75, 3.05) is 0 Å². The van der Waals surface area contributed by atoms with Crippen LogP contribution in [0.2, 0.25) is 4.48 Å². The molecule has 0 spiro atoms. The third-order valence-electron chi connectivity index (χ3n) is 0.667. The maximum absolute atomic E-state index is 9.87. The molecule has 61 valence electrons. The summed E-state index contributed by atoms with van der Waals surface area (Å²) in [5.74, 6) is -2.44. The Morgan fingerprint density at radius 1 is 1.36 bits per heavy atom. The van der Waals surface area contributed by atoms with Gasteiger partial charge in [-0.2, -0.15) is 0 Å². The van der Waals surface area contributed by atoms with Crippen molar-refractivity contribution < 1.29 is 19.8 Å². The second-order valence-corrected chi connectivity index (χ2v) is 1.48. The van der Waals surface area contributed by atoms with Gasteiger partial charge in [0, 0.05) is 5.57 Å². The number of hydrogen-bond donors (Lipinski definition) is 2. The van der Waals surface area contributed by atoms with Gasteiger partial charge in [-0.15, -0.1) is 0 Å². The summed E-state index contributed by atoms with van der Waals surface area (Å²) in [6.45, 7) is 3.01. The second kappa shape index (κ2) is 7.71. The number of carboxylic acids is 2. The van der Waals surface area contributed by atoms with Gasteiger partial charge in [-0.25, -0.2) is 4.79 Å². The molecule has 4 nitrogen and oxygen atoms in total. The Balaban J connectivity index is 0. The molecule has 0 unspecified atom stereocenters. The van der Waals surface area contributed by atoms with Crippen LogP contribution in [0.25, 0.3) is 0 Å². The molecule has 0 aromatic heterocycles. The van der Waals surface area contributed by atoms with Crippen molar-refractivity contribution >= 4 is 37.7 Å². The van der Waals surface area contributed by atoms with E-state index in [9.17, 15) is 9.59 Å². The average Bonchev–Trinajstić information content (AvgIpc) is 1.90. The molecule has 0 rings (SSSR count). The third-order valence-corrected chi connectivity index (χ3v) is 0.667. The summed E-state index contributed by atoms with van der Waals surface area (Å²) in [6.07, 6.45) is -0.505. The molecular weight excluding hydrogens is 343 g/mol. The zero-order valence-electron chi connectivity index (χ0n) is 6.13. The fourth-order valence-electron chi connectivity index (χ4n) is 0.258. The molecule has 0 atom stereocenters. The van der Waals surface area contributed by atoms with Crippen molar-refractivity contribution in [1.82, 2.24) is 0 Å². The van der Waals surface area contributed by atoms with E-state index < -0.39 is 18.4 Å². The quantitative estimate of drug-likeness (QED) is 0.566. The van der Waals surface area contributed by atoms with E-state index in [0.29, 0.717) is 0 Å². The fraction of sp³-hybridized carbons (Fsp3) is 0.333. The molecule has 5 heteroatoms. The topological polar surface area (TPSA) is 74.6 Å². The number of rotatable bonds is 3. The molecule has 0 fully saturated rings. The van der Waals surface area contributed by atoms with Crippen LogP contribution in [0.3, 0.4) is 0 Å². The second-order valence-electron chi connectivity index (χ2n) is 1.48. The molecule has 0 saturated carbocycles. The van der Waals surface area contributed by atoms with Gasteiger partial charge >= 0.3 is 42.2 Å². The first-order valence-corrected chi connectivity index (χ1v) is 6.55. The summed E-state index contributed by atoms with van der Waals surface area (Å²) in [5, 5.41) is 16.1. The van der Waals surface area contributed by atoms with Gasteiger partial charge in [0.05, 0.1) is 6.42 Å². The Morgan fingerprint density at radius 3 is 1.82 bits per heavy atom. The number of hydrogen-bond acceptors (Lipinski definition) is 2. The first kappa shape index (κ1) is 13.2. The Labute approximate surface area is 80.6 Å². The van der Waals surface area contributed by atoms with E-state index in [0.717, 1.165) is 0 Å². The van der Waals surface area contributed by atoms with Crippen LogP contribution in [-0.4, -0.2) is 47.9 Å². The van der Waals surface area contributed by atoms with Crippen LogP contribution in [0.1, 0.15) is 6.42 Å². The molecule has 11 heavy (non-hydrogen) atoms. The summed E-state index contributed by atoms with van der Waals surface area (Å²) in [6, 6.07) is 0. The molecule has 3 radical (unpaired) electrons. The van der Waals surface area contributed by atoms with Gasteiger partial charge in [0.1, 0.15) is 0 Å². The van der Waals surface area contributed by atoms with E-state index in [1.165, 1.54) is 25.8 Å². The van der Waals surface area contributed by atoms with Gasteiger partial charge in [-0.3, -0.25) is 4.79 Å². The summed E-state index contributed by atoms with van der Waals surface area (Å²) >= 11 is 1.31. The van der Waals surface area contributed by atoms with Crippen molar-refractivity contribution in [3.63, 3.8) is 0 Å². The van der Waals surface area contributed by atoms with Crippen LogP contribution in [0.15, 0.2) is 12.2 Å². The number of carbonyl (C=O) groups is 2. The number of aliphatic carboxylic acids is 2. The zero-order chi connectivity index (χ0) is 9.44. The minimum absolute atomic E-state index is 0.303. The van der Waals surface area contributed by atoms with Crippen LogP contribution < -0.4 is 0 Å². The predicted molar refractivity (Wildman–Crippen MR) is 40.6 cm³/mol. The fourth-order valence-corrected chi connectivity index (χ4v) is 0.258. The Morgan fingerprint density at radius 2 is 1.73 bits per heavy atom. The average molecular weight is 352 g/mol. The molecule has 0 aromatic rings. The van der Waals surface area contributed by atoms with Gasteiger partial charge in [-0.05, 0) is 0 Å². The molecule has 0 aromatic carbocycles. The molecule has 0 bridgehead atoms. The predicted octanol–water partition coefficient (Wildman–Crippen LogP) is 0.305. The van der Waals surface area contributed by atoms with Crippen molar-refractivity contribution in [3.8, 4) is 0 Å². The van der Waals surface area contributed by atoms with Crippen molar-refractivity contribution in [1.29, 1.82) is 0 Å². The molecule has 0 amide bonds. The maximum atomic E-state index is 9.87. The molecule has 2 N–H and O–H groups in total. The van der Waals surface area contributed by atoms with Crippen LogP contribution in [0.4, 0.5) is 0 Å². The van der Waals surface area contributed by atoms with E-state index in [-0.39, 0.29) is 5.57 Å². The van der Waals surface area contributed by atoms with Crippen molar-refractivity contribution in [2.45, 2.75) is 10.9 Å². The van der Waals surface area contributed by atoms with Gasteiger partial charge in [0.15, 0.2) is 0 Å². The van der Waals surface area contributed by atoms with Gasteiger partial charge in [-0.1, -0.05) is 6.58 Å². The van der Waals surface area contributed by atoms with Crippen LogP contribution in [0.5, 0.6) is 0 Å². The first-order valence-electron chi connectivity index (χ1n) is 2.67. The van der Waals surface area contributed by atoms with Crippen LogP contribution in [0, 0.1) is 0 Å². The first-order chi connectivity index (χ1) is 5.04. The molecule has 0 aliphatic carbocycles. The van der Waals surface area contributed by atoms with Crippen LogP contribution >= 0.6 is 0 Å². The van der Waals surface area contributed by atoms with E-state index in [1.807, 2.05) is 0 Å². The van der Waals surface area contributed by atoms with Crippen molar-refractivity contribution in [3.05, 3.63) is 12.2 Å².